The van der Waals surface area contributed by atoms with Gasteiger partial charge in [0.1, 0.15) is 6.61 Å². The molecule has 0 saturated carbocycles. The molecule has 4 nitrogen and oxygen atoms in total. The van der Waals surface area contributed by atoms with Crippen LogP contribution < -0.4 is 0 Å². The summed E-state index contributed by atoms with van der Waals surface area (Å²) in [6.07, 6.45) is 1.43. The van der Waals surface area contributed by atoms with Crippen molar-refractivity contribution in [2.45, 2.75) is 25.2 Å². The van der Waals surface area contributed by atoms with E-state index < -0.39 is 0 Å². The van der Waals surface area contributed by atoms with E-state index in [-0.39, 0.29) is 17.4 Å². The first kappa shape index (κ1) is 15.2. The van der Waals surface area contributed by atoms with Gasteiger partial charge in [-0.25, -0.2) is 4.79 Å². The van der Waals surface area contributed by atoms with Crippen molar-refractivity contribution in [3.8, 4) is 0 Å². The van der Waals surface area contributed by atoms with Gasteiger partial charge in [-0.1, -0.05) is 16.9 Å². The topological polar surface area (TPSA) is 42.4 Å². The Morgan fingerprint density at radius 1 is 1.50 bits per heavy atom. The molecule has 1 aromatic heterocycles. The average molecular weight is 286 g/mol. The smallest absolute Gasteiger partial charge is 0.409 e. The number of amides is 1. The SMILES string of the molecule is CN(C)C(=O)OCc1ccc(C(C)(C)SS)cn1. The van der Waals surface area contributed by atoms with Crippen LogP contribution in [0.3, 0.4) is 0 Å². The second-order valence-corrected chi connectivity index (χ2v) is 6.34. The minimum Gasteiger partial charge on any atom is -0.443 e. The van der Waals surface area contributed by atoms with Gasteiger partial charge in [-0.15, -0.1) is 11.7 Å². The van der Waals surface area contributed by atoms with E-state index in [1.165, 1.54) is 15.7 Å². The molecule has 1 aromatic rings. The van der Waals surface area contributed by atoms with Crippen LogP contribution in [0.25, 0.3) is 0 Å². The van der Waals surface area contributed by atoms with E-state index in [4.69, 9.17) is 4.74 Å². The number of aromatic nitrogens is 1. The molecule has 6 heteroatoms. The standard InChI is InChI=1S/C12H18N2O2S2/c1-12(2,18-17)9-5-6-10(13-7-9)8-16-11(15)14(3)4/h5-7,17H,8H2,1-4H3. The van der Waals surface area contributed by atoms with E-state index in [1.807, 2.05) is 12.1 Å². The molecule has 1 heterocycles. The van der Waals surface area contributed by atoms with Crippen LogP contribution in [0.4, 0.5) is 4.79 Å². The number of rotatable bonds is 4. The second kappa shape index (κ2) is 6.33. The van der Waals surface area contributed by atoms with Crippen molar-refractivity contribution in [1.82, 2.24) is 9.88 Å². The highest BCUT2D eigenvalue weighted by atomic mass is 33.1. The Hall–Kier alpha value is -0.880. The first-order valence-corrected chi connectivity index (χ1v) is 7.36. The van der Waals surface area contributed by atoms with E-state index in [0.29, 0.717) is 0 Å². The lowest BCUT2D eigenvalue weighted by Crippen LogP contribution is -2.22. The minimum absolute atomic E-state index is 0.0883. The molecule has 0 aliphatic heterocycles. The lowest BCUT2D eigenvalue weighted by Gasteiger charge is -2.21. The predicted molar refractivity (Wildman–Crippen MR) is 77.7 cm³/mol. The third-order valence-corrected chi connectivity index (χ3v) is 4.52. The van der Waals surface area contributed by atoms with Crippen molar-refractivity contribution >= 4 is 28.5 Å². The van der Waals surface area contributed by atoms with Crippen molar-refractivity contribution in [1.29, 1.82) is 0 Å². The predicted octanol–water partition coefficient (Wildman–Crippen LogP) is 3.09. The van der Waals surface area contributed by atoms with E-state index in [2.05, 4.69) is 30.5 Å². The molecule has 1 amide bonds. The molecule has 0 radical (unpaired) electrons. The number of hydrogen-bond acceptors (Lipinski definition) is 5. The highest BCUT2D eigenvalue weighted by Gasteiger charge is 2.20. The van der Waals surface area contributed by atoms with Crippen LogP contribution in [-0.4, -0.2) is 30.1 Å². The lowest BCUT2D eigenvalue weighted by molar-refractivity contribution is 0.111. The van der Waals surface area contributed by atoms with Crippen LogP contribution in [0, 0.1) is 0 Å². The van der Waals surface area contributed by atoms with Crippen LogP contribution in [0.2, 0.25) is 0 Å². The summed E-state index contributed by atoms with van der Waals surface area (Å²) in [4.78, 5) is 16.9. The molecular weight excluding hydrogens is 268 g/mol. The Labute approximate surface area is 117 Å². The van der Waals surface area contributed by atoms with Crippen molar-refractivity contribution in [2.24, 2.45) is 0 Å². The third-order valence-electron chi connectivity index (χ3n) is 2.46. The van der Waals surface area contributed by atoms with Gasteiger partial charge in [0.05, 0.1) is 5.69 Å². The number of thiol groups is 1. The average Bonchev–Trinajstić information content (AvgIpc) is 2.36. The van der Waals surface area contributed by atoms with Gasteiger partial charge in [0.25, 0.3) is 0 Å². The fraction of sp³-hybridized carbons (Fsp3) is 0.500. The molecule has 0 unspecified atom stereocenters. The van der Waals surface area contributed by atoms with E-state index in [9.17, 15) is 4.79 Å². The van der Waals surface area contributed by atoms with Gasteiger partial charge in [0, 0.05) is 25.0 Å². The van der Waals surface area contributed by atoms with Crippen LogP contribution in [-0.2, 0) is 16.1 Å². The zero-order valence-electron chi connectivity index (χ0n) is 11.0. The van der Waals surface area contributed by atoms with Crippen molar-refractivity contribution in [3.63, 3.8) is 0 Å². The fourth-order valence-corrected chi connectivity index (χ4v) is 1.73. The van der Waals surface area contributed by atoms with Gasteiger partial charge >= 0.3 is 6.09 Å². The first-order valence-electron chi connectivity index (χ1n) is 5.49. The Morgan fingerprint density at radius 3 is 2.61 bits per heavy atom. The van der Waals surface area contributed by atoms with Gasteiger partial charge in [-0.05, 0) is 25.5 Å². The Kier molecular flexibility index (Phi) is 5.34. The number of ether oxygens (including phenoxy) is 1. The van der Waals surface area contributed by atoms with Crippen LogP contribution in [0.1, 0.15) is 25.1 Å². The second-order valence-electron chi connectivity index (χ2n) is 4.59. The maximum absolute atomic E-state index is 11.3. The Balaban J connectivity index is 2.64. The van der Waals surface area contributed by atoms with Crippen LogP contribution >= 0.6 is 22.5 Å². The number of carbonyl (C=O) groups is 1. The fourth-order valence-electron chi connectivity index (χ4n) is 1.18. The Bertz CT molecular complexity index is 405. The molecule has 0 atom stereocenters. The summed E-state index contributed by atoms with van der Waals surface area (Å²) < 4.78 is 4.96. The molecule has 0 saturated heterocycles. The van der Waals surface area contributed by atoms with Gasteiger partial charge in [-0.3, -0.25) is 4.98 Å². The summed E-state index contributed by atoms with van der Waals surface area (Å²) in [6.45, 7) is 4.34. The maximum atomic E-state index is 11.3. The molecule has 0 spiro atoms. The summed E-state index contributed by atoms with van der Waals surface area (Å²) >= 11 is 4.24. The van der Waals surface area contributed by atoms with E-state index in [0.717, 1.165) is 11.3 Å². The van der Waals surface area contributed by atoms with Crippen LogP contribution in [0.5, 0.6) is 0 Å². The van der Waals surface area contributed by atoms with E-state index >= 15 is 0 Å². The molecule has 0 aliphatic carbocycles. The van der Waals surface area contributed by atoms with Crippen molar-refractivity contribution in [2.75, 3.05) is 14.1 Å². The van der Waals surface area contributed by atoms with E-state index in [1.54, 1.807) is 20.3 Å². The van der Waals surface area contributed by atoms with Crippen molar-refractivity contribution < 1.29 is 9.53 Å². The normalized spacial score (nSPS) is 11.2. The first-order chi connectivity index (χ1) is 8.36. The molecule has 0 aliphatic rings. The summed E-state index contributed by atoms with van der Waals surface area (Å²) in [5, 5.41) is 0. The molecule has 100 valence electrons. The number of carbonyl (C=O) groups excluding carboxylic acids is 1. The molecule has 0 bridgehead atoms. The summed E-state index contributed by atoms with van der Waals surface area (Å²) in [6, 6.07) is 3.85. The van der Waals surface area contributed by atoms with Gasteiger partial charge in [0.2, 0.25) is 0 Å². The highest BCUT2D eigenvalue weighted by Crippen LogP contribution is 2.37. The quantitative estimate of drug-likeness (QED) is 0.682. The Morgan fingerprint density at radius 2 is 2.17 bits per heavy atom. The summed E-state index contributed by atoms with van der Waals surface area (Å²) in [7, 11) is 4.76. The summed E-state index contributed by atoms with van der Waals surface area (Å²) in [5.41, 5.74) is 1.82. The lowest BCUT2D eigenvalue weighted by atomic mass is 10.0. The zero-order valence-corrected chi connectivity index (χ0v) is 12.7. The van der Waals surface area contributed by atoms with Crippen LogP contribution in [0.15, 0.2) is 18.3 Å². The summed E-state index contributed by atoms with van der Waals surface area (Å²) in [5.74, 6) is 0. The number of nitrogens with zero attached hydrogens (tertiary/aromatic N) is 2. The molecule has 18 heavy (non-hydrogen) atoms. The minimum atomic E-state index is -0.368. The van der Waals surface area contributed by atoms with Gasteiger partial charge in [-0.2, -0.15) is 0 Å². The highest BCUT2D eigenvalue weighted by molar-refractivity contribution is 8.68. The molecule has 1 rings (SSSR count). The van der Waals surface area contributed by atoms with Gasteiger partial charge in [0.15, 0.2) is 0 Å². The van der Waals surface area contributed by atoms with Gasteiger partial charge < -0.3 is 9.64 Å². The zero-order chi connectivity index (χ0) is 13.8. The number of hydrogen-bond donors (Lipinski definition) is 1. The molecule has 0 fully saturated rings. The third kappa shape index (κ3) is 4.10. The molecule has 0 aromatic carbocycles. The maximum Gasteiger partial charge on any atom is 0.409 e. The number of pyridine rings is 1. The largest absolute Gasteiger partial charge is 0.443 e. The molecular formula is C12H18N2O2S2. The molecule has 0 N–H and O–H groups in total. The monoisotopic (exact) mass is 286 g/mol. The van der Waals surface area contributed by atoms with Crippen molar-refractivity contribution in [3.05, 3.63) is 29.6 Å².